The van der Waals surface area contributed by atoms with Gasteiger partial charge in [0, 0.05) is 32.1 Å². The maximum atomic E-state index is 5.43. The van der Waals surface area contributed by atoms with Crippen molar-refractivity contribution in [2.75, 3.05) is 19.8 Å². The molecule has 0 saturated carbocycles. The van der Waals surface area contributed by atoms with Crippen LogP contribution in [0.15, 0.2) is 12.4 Å². The van der Waals surface area contributed by atoms with Crippen molar-refractivity contribution in [2.45, 2.75) is 26.3 Å². The van der Waals surface area contributed by atoms with Gasteiger partial charge in [-0.05, 0) is 25.7 Å². The molecule has 0 spiro atoms. The zero-order chi connectivity index (χ0) is 11.2. The minimum Gasteiger partial charge on any atom is -0.381 e. The lowest BCUT2D eigenvalue weighted by atomic mass is 10.0. The predicted octanol–water partition coefficient (Wildman–Crippen LogP) is 1.30. The highest BCUT2D eigenvalue weighted by molar-refractivity contribution is 5.00. The second-order valence-corrected chi connectivity index (χ2v) is 4.36. The van der Waals surface area contributed by atoms with E-state index in [1.807, 2.05) is 13.1 Å². The molecule has 4 heteroatoms. The molecule has 0 aromatic carbocycles. The summed E-state index contributed by atoms with van der Waals surface area (Å²) in [5.41, 5.74) is 1.96. The summed E-state index contributed by atoms with van der Waals surface area (Å²) in [5.74, 6) is 0.659. The number of ether oxygens (including phenoxy) is 1. The van der Waals surface area contributed by atoms with Crippen LogP contribution in [0.5, 0.6) is 0 Å². The second kappa shape index (κ2) is 5.92. The number of aryl methyl sites for hydroxylation is 1. The lowest BCUT2D eigenvalue weighted by Crippen LogP contribution is -2.29. The fourth-order valence-corrected chi connectivity index (χ4v) is 1.88. The second-order valence-electron chi connectivity index (χ2n) is 4.36. The summed E-state index contributed by atoms with van der Waals surface area (Å²) in [4.78, 5) is 8.52. The number of aromatic nitrogens is 2. The van der Waals surface area contributed by atoms with Gasteiger partial charge in [0.1, 0.15) is 0 Å². The van der Waals surface area contributed by atoms with Gasteiger partial charge in [0.15, 0.2) is 0 Å². The van der Waals surface area contributed by atoms with Crippen LogP contribution in [0.3, 0.4) is 0 Å². The Morgan fingerprint density at radius 2 is 2.38 bits per heavy atom. The molecule has 1 N–H and O–H groups in total. The summed E-state index contributed by atoms with van der Waals surface area (Å²) in [5, 5.41) is 3.41. The normalized spacial score (nSPS) is 20.9. The van der Waals surface area contributed by atoms with E-state index in [4.69, 9.17) is 4.74 Å². The Labute approximate surface area is 96.4 Å². The SMILES string of the molecule is Cc1cnc(CNCC2CCCOC2)cn1. The summed E-state index contributed by atoms with van der Waals surface area (Å²) >= 11 is 0. The summed E-state index contributed by atoms with van der Waals surface area (Å²) < 4.78 is 5.43. The maximum Gasteiger partial charge on any atom is 0.0724 e. The van der Waals surface area contributed by atoms with Gasteiger partial charge in [0.05, 0.1) is 18.0 Å². The molecule has 1 aromatic rings. The van der Waals surface area contributed by atoms with Gasteiger partial charge in [-0.1, -0.05) is 0 Å². The van der Waals surface area contributed by atoms with E-state index in [0.717, 1.165) is 37.7 Å². The molecule has 1 aliphatic rings. The van der Waals surface area contributed by atoms with Gasteiger partial charge >= 0.3 is 0 Å². The first-order valence-corrected chi connectivity index (χ1v) is 5.90. The van der Waals surface area contributed by atoms with Crippen LogP contribution in [-0.4, -0.2) is 29.7 Å². The Morgan fingerprint density at radius 1 is 1.44 bits per heavy atom. The van der Waals surface area contributed by atoms with Gasteiger partial charge in [-0.3, -0.25) is 9.97 Å². The van der Waals surface area contributed by atoms with Gasteiger partial charge < -0.3 is 10.1 Å². The van der Waals surface area contributed by atoms with Crippen LogP contribution >= 0.6 is 0 Å². The summed E-state index contributed by atoms with van der Waals surface area (Å²) in [6.07, 6.45) is 6.10. The molecule has 1 aromatic heterocycles. The van der Waals surface area contributed by atoms with Gasteiger partial charge in [-0.25, -0.2) is 0 Å². The van der Waals surface area contributed by atoms with Crippen molar-refractivity contribution in [2.24, 2.45) is 5.92 Å². The van der Waals surface area contributed by atoms with Crippen LogP contribution in [0, 0.1) is 12.8 Å². The van der Waals surface area contributed by atoms with Crippen LogP contribution < -0.4 is 5.32 Å². The topological polar surface area (TPSA) is 47.0 Å². The summed E-state index contributed by atoms with van der Waals surface area (Å²) in [6.45, 7) is 5.58. The average molecular weight is 221 g/mol. The van der Waals surface area contributed by atoms with Crippen LogP contribution in [0.2, 0.25) is 0 Å². The molecular weight excluding hydrogens is 202 g/mol. The van der Waals surface area contributed by atoms with Crippen molar-refractivity contribution in [3.8, 4) is 0 Å². The molecule has 16 heavy (non-hydrogen) atoms. The summed E-state index contributed by atoms with van der Waals surface area (Å²) in [6, 6.07) is 0. The fraction of sp³-hybridized carbons (Fsp3) is 0.667. The minimum absolute atomic E-state index is 0.659. The first kappa shape index (κ1) is 11.5. The van der Waals surface area contributed by atoms with E-state index in [1.165, 1.54) is 12.8 Å². The van der Waals surface area contributed by atoms with Crippen molar-refractivity contribution in [3.05, 3.63) is 23.8 Å². The van der Waals surface area contributed by atoms with E-state index < -0.39 is 0 Å². The first-order chi connectivity index (χ1) is 7.84. The van der Waals surface area contributed by atoms with Crippen LogP contribution in [0.25, 0.3) is 0 Å². The quantitative estimate of drug-likeness (QED) is 0.832. The van der Waals surface area contributed by atoms with Gasteiger partial charge in [-0.15, -0.1) is 0 Å². The number of hydrogen-bond donors (Lipinski definition) is 1. The van der Waals surface area contributed by atoms with Gasteiger partial charge in [0.2, 0.25) is 0 Å². The third-order valence-corrected chi connectivity index (χ3v) is 2.83. The Bertz CT molecular complexity index is 307. The zero-order valence-corrected chi connectivity index (χ0v) is 9.78. The highest BCUT2D eigenvalue weighted by Crippen LogP contribution is 2.12. The minimum atomic E-state index is 0.659. The summed E-state index contributed by atoms with van der Waals surface area (Å²) in [7, 11) is 0. The molecule has 4 nitrogen and oxygen atoms in total. The van der Waals surface area contributed by atoms with E-state index >= 15 is 0 Å². The van der Waals surface area contributed by atoms with Gasteiger partial charge in [0.25, 0.3) is 0 Å². The molecule has 1 unspecified atom stereocenters. The highest BCUT2D eigenvalue weighted by atomic mass is 16.5. The third-order valence-electron chi connectivity index (χ3n) is 2.83. The fourth-order valence-electron chi connectivity index (χ4n) is 1.88. The molecule has 1 atom stereocenters. The largest absolute Gasteiger partial charge is 0.381 e. The predicted molar refractivity (Wildman–Crippen MR) is 62.0 cm³/mol. The Balaban J connectivity index is 1.69. The van der Waals surface area contributed by atoms with Crippen LogP contribution in [-0.2, 0) is 11.3 Å². The Kier molecular flexibility index (Phi) is 4.25. The lowest BCUT2D eigenvalue weighted by molar-refractivity contribution is 0.0547. The molecular formula is C12H19N3O. The van der Waals surface area contributed by atoms with E-state index in [9.17, 15) is 0 Å². The molecule has 1 fully saturated rings. The third kappa shape index (κ3) is 3.54. The highest BCUT2D eigenvalue weighted by Gasteiger charge is 2.12. The van der Waals surface area contributed by atoms with E-state index in [2.05, 4.69) is 15.3 Å². The number of nitrogens with zero attached hydrogens (tertiary/aromatic N) is 2. The monoisotopic (exact) mass is 221 g/mol. The van der Waals surface area contributed by atoms with Crippen molar-refractivity contribution in [1.82, 2.24) is 15.3 Å². The smallest absolute Gasteiger partial charge is 0.0724 e. The van der Waals surface area contributed by atoms with Gasteiger partial charge in [-0.2, -0.15) is 0 Å². The lowest BCUT2D eigenvalue weighted by Gasteiger charge is -2.22. The Hall–Kier alpha value is -1.00. The molecule has 0 amide bonds. The molecule has 2 rings (SSSR count). The number of hydrogen-bond acceptors (Lipinski definition) is 4. The average Bonchev–Trinajstić information content (AvgIpc) is 2.33. The molecule has 0 aliphatic carbocycles. The number of nitrogens with one attached hydrogen (secondary N) is 1. The molecule has 2 heterocycles. The molecule has 0 bridgehead atoms. The molecule has 0 radical (unpaired) electrons. The molecule has 1 saturated heterocycles. The van der Waals surface area contributed by atoms with Crippen LogP contribution in [0.4, 0.5) is 0 Å². The molecule has 1 aliphatic heterocycles. The maximum absolute atomic E-state index is 5.43. The van der Waals surface area contributed by atoms with Crippen molar-refractivity contribution in [1.29, 1.82) is 0 Å². The Morgan fingerprint density at radius 3 is 3.06 bits per heavy atom. The van der Waals surface area contributed by atoms with E-state index in [0.29, 0.717) is 5.92 Å². The molecule has 88 valence electrons. The van der Waals surface area contributed by atoms with Crippen molar-refractivity contribution < 1.29 is 4.74 Å². The van der Waals surface area contributed by atoms with Crippen LogP contribution in [0.1, 0.15) is 24.2 Å². The van der Waals surface area contributed by atoms with E-state index in [-0.39, 0.29) is 0 Å². The van der Waals surface area contributed by atoms with E-state index in [1.54, 1.807) is 6.20 Å². The standard InChI is InChI=1S/C12H19N3O/c1-10-5-15-12(8-14-10)7-13-6-11-3-2-4-16-9-11/h5,8,11,13H,2-4,6-7,9H2,1H3. The number of rotatable bonds is 4. The zero-order valence-electron chi connectivity index (χ0n) is 9.78. The first-order valence-electron chi connectivity index (χ1n) is 5.90. The van der Waals surface area contributed by atoms with Crippen molar-refractivity contribution in [3.63, 3.8) is 0 Å². The van der Waals surface area contributed by atoms with Crippen molar-refractivity contribution >= 4 is 0 Å².